The molecule has 1 saturated carbocycles. The van der Waals surface area contributed by atoms with Crippen LogP contribution < -0.4 is 11.1 Å². The van der Waals surface area contributed by atoms with Crippen LogP contribution in [0.4, 0.5) is 9.52 Å². The second-order valence-electron chi connectivity index (χ2n) is 6.04. The van der Waals surface area contributed by atoms with Crippen molar-refractivity contribution < 1.29 is 9.18 Å². The first-order valence-electron chi connectivity index (χ1n) is 7.85. The van der Waals surface area contributed by atoms with Gasteiger partial charge in [0, 0.05) is 30.0 Å². The largest absolute Gasteiger partial charge is 0.327 e. The SMILES string of the molecule is N[C@@H]1CCC[C@H]1CC(=O)Nc1ncc(Cc2ccc(F)cc2)s1. The van der Waals surface area contributed by atoms with Crippen molar-refractivity contribution in [3.63, 3.8) is 0 Å². The molecule has 0 unspecified atom stereocenters. The van der Waals surface area contributed by atoms with E-state index in [1.54, 1.807) is 18.3 Å². The maximum Gasteiger partial charge on any atom is 0.226 e. The van der Waals surface area contributed by atoms with E-state index in [4.69, 9.17) is 5.73 Å². The summed E-state index contributed by atoms with van der Waals surface area (Å²) in [5.41, 5.74) is 7.02. The Hall–Kier alpha value is -1.79. The van der Waals surface area contributed by atoms with E-state index in [0.29, 0.717) is 18.0 Å². The normalized spacial score (nSPS) is 20.6. The fourth-order valence-electron chi connectivity index (χ4n) is 2.98. The van der Waals surface area contributed by atoms with Gasteiger partial charge in [0.25, 0.3) is 0 Å². The number of carbonyl (C=O) groups is 1. The summed E-state index contributed by atoms with van der Waals surface area (Å²) in [7, 11) is 0. The van der Waals surface area contributed by atoms with Gasteiger partial charge in [0.1, 0.15) is 5.82 Å². The molecule has 2 aromatic rings. The molecule has 3 rings (SSSR count). The average molecular weight is 333 g/mol. The Morgan fingerprint density at radius 3 is 2.83 bits per heavy atom. The van der Waals surface area contributed by atoms with Gasteiger partial charge in [0.2, 0.25) is 5.91 Å². The highest BCUT2D eigenvalue weighted by atomic mass is 32.1. The van der Waals surface area contributed by atoms with Gasteiger partial charge in [-0.05, 0) is 36.5 Å². The van der Waals surface area contributed by atoms with E-state index in [1.165, 1.54) is 23.5 Å². The quantitative estimate of drug-likeness (QED) is 0.882. The van der Waals surface area contributed by atoms with Crippen molar-refractivity contribution in [2.24, 2.45) is 11.7 Å². The highest BCUT2D eigenvalue weighted by Gasteiger charge is 2.26. The lowest BCUT2D eigenvalue weighted by Gasteiger charge is -2.13. The van der Waals surface area contributed by atoms with Gasteiger partial charge in [-0.15, -0.1) is 11.3 Å². The van der Waals surface area contributed by atoms with Crippen LogP contribution in [-0.2, 0) is 11.2 Å². The molecule has 6 heteroatoms. The first-order valence-corrected chi connectivity index (χ1v) is 8.66. The Balaban J connectivity index is 1.54. The molecule has 0 aliphatic heterocycles. The summed E-state index contributed by atoms with van der Waals surface area (Å²) in [6.07, 6.45) is 6.05. The Labute approximate surface area is 138 Å². The van der Waals surface area contributed by atoms with Crippen molar-refractivity contribution in [2.45, 2.75) is 38.1 Å². The van der Waals surface area contributed by atoms with Crippen LogP contribution in [0, 0.1) is 11.7 Å². The molecule has 1 aromatic heterocycles. The van der Waals surface area contributed by atoms with Gasteiger partial charge in [0.05, 0.1) is 0 Å². The number of hydrogen-bond donors (Lipinski definition) is 2. The first-order chi connectivity index (χ1) is 11.1. The van der Waals surface area contributed by atoms with Crippen molar-refractivity contribution in [3.05, 3.63) is 46.7 Å². The lowest BCUT2D eigenvalue weighted by atomic mass is 10.00. The molecule has 3 N–H and O–H groups in total. The molecule has 0 saturated heterocycles. The van der Waals surface area contributed by atoms with Crippen LogP contribution in [0.5, 0.6) is 0 Å². The monoisotopic (exact) mass is 333 g/mol. The number of aromatic nitrogens is 1. The average Bonchev–Trinajstić information content (AvgIpc) is 3.11. The summed E-state index contributed by atoms with van der Waals surface area (Å²) in [6, 6.07) is 6.56. The number of carbonyl (C=O) groups excluding carboxylic acids is 1. The van der Waals surface area contributed by atoms with E-state index in [1.807, 2.05) is 0 Å². The van der Waals surface area contributed by atoms with Crippen LogP contribution >= 0.6 is 11.3 Å². The molecular weight excluding hydrogens is 313 g/mol. The van der Waals surface area contributed by atoms with Gasteiger partial charge in [-0.25, -0.2) is 9.37 Å². The molecular formula is C17H20FN3OS. The number of thiazole rings is 1. The molecule has 4 nitrogen and oxygen atoms in total. The van der Waals surface area contributed by atoms with Gasteiger partial charge in [0.15, 0.2) is 5.13 Å². The lowest BCUT2D eigenvalue weighted by molar-refractivity contribution is -0.117. The van der Waals surface area contributed by atoms with Gasteiger partial charge in [-0.2, -0.15) is 0 Å². The topological polar surface area (TPSA) is 68.0 Å². The molecule has 1 amide bonds. The molecule has 1 heterocycles. The predicted molar refractivity (Wildman–Crippen MR) is 89.9 cm³/mol. The molecule has 1 fully saturated rings. The Morgan fingerprint density at radius 1 is 1.35 bits per heavy atom. The van der Waals surface area contributed by atoms with Gasteiger partial charge in [-0.1, -0.05) is 18.6 Å². The third kappa shape index (κ3) is 4.36. The number of halogens is 1. The minimum atomic E-state index is -0.240. The number of nitrogens with one attached hydrogen (secondary N) is 1. The molecule has 23 heavy (non-hydrogen) atoms. The summed E-state index contributed by atoms with van der Waals surface area (Å²) in [4.78, 5) is 17.4. The van der Waals surface area contributed by atoms with Crippen LogP contribution in [0.15, 0.2) is 30.5 Å². The minimum Gasteiger partial charge on any atom is -0.327 e. The van der Waals surface area contributed by atoms with E-state index in [9.17, 15) is 9.18 Å². The highest BCUT2D eigenvalue weighted by molar-refractivity contribution is 7.15. The maximum atomic E-state index is 12.9. The van der Waals surface area contributed by atoms with E-state index in [2.05, 4.69) is 10.3 Å². The van der Waals surface area contributed by atoms with E-state index >= 15 is 0 Å². The van der Waals surface area contributed by atoms with Crippen LogP contribution in [0.2, 0.25) is 0 Å². The van der Waals surface area contributed by atoms with E-state index in [0.717, 1.165) is 29.7 Å². The number of hydrogen-bond acceptors (Lipinski definition) is 4. The molecule has 2 atom stereocenters. The van der Waals surface area contributed by atoms with Crippen molar-refractivity contribution in [2.75, 3.05) is 5.32 Å². The van der Waals surface area contributed by atoms with Crippen molar-refractivity contribution in [3.8, 4) is 0 Å². The Morgan fingerprint density at radius 2 is 2.13 bits per heavy atom. The number of anilines is 1. The van der Waals surface area contributed by atoms with Crippen molar-refractivity contribution in [1.82, 2.24) is 4.98 Å². The number of rotatable bonds is 5. The number of benzene rings is 1. The predicted octanol–water partition coefficient (Wildman–Crippen LogP) is 3.33. The molecule has 0 bridgehead atoms. The van der Waals surface area contributed by atoms with Crippen LogP contribution in [-0.4, -0.2) is 16.9 Å². The second kappa shape index (κ2) is 7.19. The van der Waals surface area contributed by atoms with Gasteiger partial charge >= 0.3 is 0 Å². The third-order valence-electron chi connectivity index (χ3n) is 4.26. The molecule has 1 aliphatic carbocycles. The number of nitrogens with zero attached hydrogens (tertiary/aromatic N) is 1. The van der Waals surface area contributed by atoms with Crippen molar-refractivity contribution in [1.29, 1.82) is 0 Å². The minimum absolute atomic E-state index is 0.0185. The van der Waals surface area contributed by atoms with E-state index < -0.39 is 0 Å². The molecule has 0 radical (unpaired) electrons. The second-order valence-corrected chi connectivity index (χ2v) is 7.16. The van der Waals surface area contributed by atoms with Crippen LogP contribution in [0.3, 0.4) is 0 Å². The smallest absolute Gasteiger partial charge is 0.226 e. The van der Waals surface area contributed by atoms with Gasteiger partial charge < -0.3 is 11.1 Å². The molecule has 122 valence electrons. The zero-order valence-corrected chi connectivity index (χ0v) is 13.6. The van der Waals surface area contributed by atoms with E-state index in [-0.39, 0.29) is 23.7 Å². The highest BCUT2D eigenvalue weighted by Crippen LogP contribution is 2.28. The summed E-state index contributed by atoms with van der Waals surface area (Å²) < 4.78 is 12.9. The molecule has 1 aromatic carbocycles. The zero-order valence-electron chi connectivity index (χ0n) is 12.8. The van der Waals surface area contributed by atoms with Crippen molar-refractivity contribution >= 4 is 22.4 Å². The van der Waals surface area contributed by atoms with Crippen LogP contribution in [0.25, 0.3) is 0 Å². The summed E-state index contributed by atoms with van der Waals surface area (Å²) in [5, 5.41) is 3.47. The lowest BCUT2D eigenvalue weighted by Crippen LogP contribution is -2.28. The summed E-state index contributed by atoms with van der Waals surface area (Å²) in [5.74, 6) is 0.0276. The van der Waals surface area contributed by atoms with Crippen LogP contribution in [0.1, 0.15) is 36.1 Å². The standard InChI is InChI=1S/C17H20FN3OS/c18-13-6-4-11(5-7-13)8-14-10-20-17(23-14)21-16(22)9-12-2-1-3-15(12)19/h4-7,10,12,15H,1-3,8-9,19H2,(H,20,21,22)/t12-,15+/m0/s1. The number of nitrogens with two attached hydrogens (primary N) is 1. The third-order valence-corrected chi connectivity index (χ3v) is 5.17. The molecule has 1 aliphatic rings. The summed E-state index contributed by atoms with van der Waals surface area (Å²) >= 11 is 1.45. The molecule has 0 spiro atoms. The Kier molecular flexibility index (Phi) is 5.03. The summed E-state index contributed by atoms with van der Waals surface area (Å²) in [6.45, 7) is 0. The Bertz CT molecular complexity index is 671. The number of amides is 1. The first kappa shape index (κ1) is 16.1. The zero-order chi connectivity index (χ0) is 16.2. The fourth-order valence-corrected chi connectivity index (χ4v) is 3.84. The van der Waals surface area contributed by atoms with Gasteiger partial charge in [-0.3, -0.25) is 4.79 Å². The fraction of sp³-hybridized carbons (Fsp3) is 0.412. The maximum absolute atomic E-state index is 12.9.